The summed E-state index contributed by atoms with van der Waals surface area (Å²) in [5, 5.41) is 16.1. The third kappa shape index (κ3) is 4.23. The van der Waals surface area contributed by atoms with Gasteiger partial charge >= 0.3 is 0 Å². The summed E-state index contributed by atoms with van der Waals surface area (Å²) in [7, 11) is 0. The Bertz CT molecular complexity index is 1850. The monoisotopic (exact) mass is 514 g/mol. The van der Waals surface area contributed by atoms with Gasteiger partial charge in [0, 0.05) is 54.6 Å². The molecule has 0 fully saturated rings. The topological polar surface area (TPSA) is 108 Å². The molecule has 0 bridgehead atoms. The van der Waals surface area contributed by atoms with E-state index in [9.17, 15) is 0 Å². The van der Waals surface area contributed by atoms with Gasteiger partial charge in [-0.05, 0) is 45.6 Å². The normalized spacial score (nSPS) is 11.5. The van der Waals surface area contributed by atoms with Gasteiger partial charge < -0.3 is 10.3 Å². The van der Waals surface area contributed by atoms with Crippen molar-refractivity contribution in [2.24, 2.45) is 0 Å². The van der Waals surface area contributed by atoms with Crippen LogP contribution in [0.5, 0.6) is 0 Å². The van der Waals surface area contributed by atoms with Crippen molar-refractivity contribution in [2.75, 3.05) is 0 Å². The Morgan fingerprint density at radius 1 is 0.816 bits per heavy atom. The SMILES string of the molecule is c1ccc(CNCc2cncc(-c3cnc4[nH]nc(-c5nc6c(-c7ccsc7)cncc6[nH]5)c4c3)c2)cc1. The zero-order valence-corrected chi connectivity index (χ0v) is 21.0. The second-order valence-electron chi connectivity index (χ2n) is 9.04. The molecule has 7 rings (SSSR count). The molecule has 0 amide bonds. The van der Waals surface area contributed by atoms with Gasteiger partial charge in [-0.3, -0.25) is 15.1 Å². The highest BCUT2D eigenvalue weighted by atomic mass is 32.1. The van der Waals surface area contributed by atoms with Crippen molar-refractivity contribution in [3.63, 3.8) is 0 Å². The molecule has 0 aliphatic heterocycles. The first-order chi connectivity index (χ1) is 18.8. The number of thiophene rings is 1. The van der Waals surface area contributed by atoms with Crippen LogP contribution in [0.2, 0.25) is 0 Å². The van der Waals surface area contributed by atoms with E-state index < -0.39 is 0 Å². The number of aromatic nitrogens is 7. The lowest BCUT2D eigenvalue weighted by molar-refractivity contribution is 0.691. The predicted molar refractivity (Wildman–Crippen MR) is 150 cm³/mol. The number of benzene rings is 1. The fourth-order valence-electron chi connectivity index (χ4n) is 4.61. The average molecular weight is 515 g/mol. The van der Waals surface area contributed by atoms with E-state index in [1.165, 1.54) is 5.56 Å². The van der Waals surface area contributed by atoms with Gasteiger partial charge in [0.1, 0.15) is 11.2 Å². The number of imidazole rings is 1. The van der Waals surface area contributed by atoms with E-state index in [0.29, 0.717) is 11.5 Å². The number of rotatable bonds is 7. The predicted octanol–water partition coefficient (Wildman–Crippen LogP) is 5.98. The molecular weight excluding hydrogens is 492 g/mol. The van der Waals surface area contributed by atoms with Crippen molar-refractivity contribution < 1.29 is 0 Å². The summed E-state index contributed by atoms with van der Waals surface area (Å²) in [6.07, 6.45) is 9.25. The second-order valence-corrected chi connectivity index (χ2v) is 9.82. The second kappa shape index (κ2) is 9.62. The number of nitrogens with one attached hydrogen (secondary N) is 3. The van der Waals surface area contributed by atoms with Crippen LogP contribution >= 0.6 is 11.3 Å². The molecule has 9 heteroatoms. The zero-order chi connectivity index (χ0) is 25.3. The van der Waals surface area contributed by atoms with Gasteiger partial charge in [0.2, 0.25) is 0 Å². The molecule has 7 aromatic rings. The van der Waals surface area contributed by atoms with Crippen molar-refractivity contribution in [1.29, 1.82) is 0 Å². The Hall–Kier alpha value is -4.73. The van der Waals surface area contributed by atoms with Crippen LogP contribution in [-0.4, -0.2) is 35.1 Å². The minimum absolute atomic E-state index is 0.673. The number of aromatic amines is 2. The molecule has 1 aromatic carbocycles. The molecule has 0 atom stereocenters. The largest absolute Gasteiger partial charge is 0.335 e. The van der Waals surface area contributed by atoms with Gasteiger partial charge in [0.15, 0.2) is 11.5 Å². The number of nitrogens with zero attached hydrogens (tertiary/aromatic N) is 5. The van der Waals surface area contributed by atoms with Crippen LogP contribution in [0.4, 0.5) is 0 Å². The molecule has 8 nitrogen and oxygen atoms in total. The molecule has 0 saturated carbocycles. The number of fused-ring (bicyclic) bond motifs is 2. The minimum atomic E-state index is 0.673. The molecular formula is C29H22N8S. The van der Waals surface area contributed by atoms with E-state index in [1.807, 2.05) is 30.9 Å². The van der Waals surface area contributed by atoms with Crippen molar-refractivity contribution in [2.45, 2.75) is 13.1 Å². The summed E-state index contributed by atoms with van der Waals surface area (Å²) in [4.78, 5) is 21.8. The molecule has 6 heterocycles. The maximum atomic E-state index is 4.91. The molecule has 0 unspecified atom stereocenters. The highest BCUT2D eigenvalue weighted by Crippen LogP contribution is 2.32. The molecule has 0 aliphatic rings. The van der Waals surface area contributed by atoms with Gasteiger partial charge in [-0.15, -0.1) is 0 Å². The fourth-order valence-corrected chi connectivity index (χ4v) is 5.26. The summed E-state index contributed by atoms with van der Waals surface area (Å²) in [5.74, 6) is 0.673. The minimum Gasteiger partial charge on any atom is -0.335 e. The van der Waals surface area contributed by atoms with Crippen LogP contribution in [0.25, 0.3) is 55.8 Å². The molecule has 3 N–H and O–H groups in total. The Morgan fingerprint density at radius 3 is 2.58 bits per heavy atom. The maximum Gasteiger partial charge on any atom is 0.159 e. The summed E-state index contributed by atoms with van der Waals surface area (Å²) >= 11 is 1.65. The van der Waals surface area contributed by atoms with Gasteiger partial charge in [0.25, 0.3) is 0 Å². The first kappa shape index (κ1) is 22.5. The van der Waals surface area contributed by atoms with Crippen molar-refractivity contribution >= 4 is 33.4 Å². The van der Waals surface area contributed by atoms with Crippen molar-refractivity contribution in [3.8, 4) is 33.8 Å². The number of hydrogen-bond donors (Lipinski definition) is 3. The summed E-state index contributed by atoms with van der Waals surface area (Å²) < 4.78 is 0. The van der Waals surface area contributed by atoms with Crippen LogP contribution in [0, 0.1) is 0 Å². The standard InChI is InChI=1S/C29H22N8S/c1-2-4-18(5-3-1)10-30-11-19-8-21(13-31-12-19)22-9-23-27(36-37-28(23)33-14-22)29-34-25-16-32-15-24(26(25)35-29)20-6-7-38-17-20/h1-9,12-17,30H,10-11H2,(H,34,35)(H,33,36,37). The van der Waals surface area contributed by atoms with E-state index in [4.69, 9.17) is 4.98 Å². The Labute approximate surface area is 221 Å². The van der Waals surface area contributed by atoms with Crippen molar-refractivity contribution in [1.82, 2.24) is 40.4 Å². The van der Waals surface area contributed by atoms with E-state index in [2.05, 4.69) is 88.7 Å². The molecule has 0 saturated heterocycles. The van der Waals surface area contributed by atoms with E-state index in [1.54, 1.807) is 17.5 Å². The number of hydrogen-bond acceptors (Lipinski definition) is 7. The van der Waals surface area contributed by atoms with Crippen LogP contribution in [0.1, 0.15) is 11.1 Å². The lowest BCUT2D eigenvalue weighted by atomic mass is 10.1. The lowest BCUT2D eigenvalue weighted by Crippen LogP contribution is -2.12. The Kier molecular flexibility index (Phi) is 5.69. The highest BCUT2D eigenvalue weighted by Gasteiger charge is 2.17. The third-order valence-corrected chi connectivity index (χ3v) is 7.18. The van der Waals surface area contributed by atoms with Gasteiger partial charge in [-0.25, -0.2) is 9.97 Å². The zero-order valence-electron chi connectivity index (χ0n) is 20.2. The summed E-state index contributed by atoms with van der Waals surface area (Å²) in [6, 6.07) is 16.7. The summed E-state index contributed by atoms with van der Waals surface area (Å²) in [6.45, 7) is 1.53. The van der Waals surface area contributed by atoms with E-state index >= 15 is 0 Å². The molecule has 0 aliphatic carbocycles. The number of pyridine rings is 3. The fraction of sp³-hybridized carbons (Fsp3) is 0.0690. The molecule has 38 heavy (non-hydrogen) atoms. The van der Waals surface area contributed by atoms with Crippen LogP contribution in [0.15, 0.2) is 90.3 Å². The highest BCUT2D eigenvalue weighted by molar-refractivity contribution is 7.08. The van der Waals surface area contributed by atoms with Gasteiger partial charge in [0.05, 0.1) is 17.1 Å². The Balaban J connectivity index is 1.20. The summed E-state index contributed by atoms with van der Waals surface area (Å²) in [5.41, 5.74) is 9.58. The van der Waals surface area contributed by atoms with E-state index in [-0.39, 0.29) is 0 Å². The first-order valence-corrected chi connectivity index (χ1v) is 13.2. The molecule has 0 radical (unpaired) electrons. The molecule has 6 aromatic heterocycles. The quantitative estimate of drug-likeness (QED) is 0.242. The number of H-pyrrole nitrogens is 2. The Morgan fingerprint density at radius 2 is 1.68 bits per heavy atom. The smallest absolute Gasteiger partial charge is 0.159 e. The van der Waals surface area contributed by atoms with Gasteiger partial charge in [-0.2, -0.15) is 16.4 Å². The molecule has 0 spiro atoms. The van der Waals surface area contributed by atoms with E-state index in [0.717, 1.165) is 63.0 Å². The van der Waals surface area contributed by atoms with Crippen LogP contribution in [0.3, 0.4) is 0 Å². The first-order valence-electron chi connectivity index (χ1n) is 12.2. The van der Waals surface area contributed by atoms with Gasteiger partial charge in [-0.1, -0.05) is 30.3 Å². The van der Waals surface area contributed by atoms with Crippen LogP contribution < -0.4 is 5.32 Å². The molecule has 184 valence electrons. The van der Waals surface area contributed by atoms with Crippen molar-refractivity contribution in [3.05, 3.63) is 101 Å². The third-order valence-electron chi connectivity index (χ3n) is 6.50. The lowest BCUT2D eigenvalue weighted by Gasteiger charge is -2.07. The van der Waals surface area contributed by atoms with Crippen LogP contribution in [-0.2, 0) is 13.1 Å². The maximum absolute atomic E-state index is 4.91. The average Bonchev–Trinajstić information content (AvgIpc) is 3.73.